The summed E-state index contributed by atoms with van der Waals surface area (Å²) in [5, 5.41) is 11.1. The first-order chi connectivity index (χ1) is 3.84. The van der Waals surface area contributed by atoms with E-state index in [-0.39, 0.29) is 6.17 Å². The first kappa shape index (κ1) is 4.98. The van der Waals surface area contributed by atoms with Gasteiger partial charge in [-0.2, -0.15) is 5.26 Å². The topological polar surface area (TPSA) is 39.1 Å². The Labute approximate surface area is 48.2 Å². The van der Waals surface area contributed by atoms with Crippen LogP contribution in [0.3, 0.4) is 0 Å². The van der Waals surface area contributed by atoms with Crippen molar-refractivity contribution in [1.29, 1.82) is 5.26 Å². The average Bonchev–Trinajstić information content (AvgIpc) is 2.14. The van der Waals surface area contributed by atoms with Crippen molar-refractivity contribution < 1.29 is 0 Å². The van der Waals surface area contributed by atoms with Crippen LogP contribution in [0.5, 0.6) is 0 Å². The average molecular weight is 108 g/mol. The zero-order valence-corrected chi connectivity index (χ0v) is 4.55. The molecular formula is C5H6N3. The van der Waals surface area contributed by atoms with E-state index in [0.717, 1.165) is 0 Å². The molecule has 0 spiro atoms. The van der Waals surface area contributed by atoms with Gasteiger partial charge in [-0.05, 0) is 0 Å². The fraction of sp³-hybridized carbons (Fsp3) is 0.400. The Kier molecular flexibility index (Phi) is 1.09. The second kappa shape index (κ2) is 1.74. The summed E-state index contributed by atoms with van der Waals surface area (Å²) in [6.45, 7) is 0. The van der Waals surface area contributed by atoms with Gasteiger partial charge >= 0.3 is 0 Å². The van der Waals surface area contributed by atoms with E-state index in [4.69, 9.17) is 5.26 Å². The highest BCUT2D eigenvalue weighted by Crippen LogP contribution is 1.96. The van der Waals surface area contributed by atoms with Gasteiger partial charge in [0.05, 0.1) is 6.20 Å². The van der Waals surface area contributed by atoms with Gasteiger partial charge in [-0.25, -0.2) is 0 Å². The molecule has 0 amide bonds. The Bertz CT molecular complexity index is 144. The van der Waals surface area contributed by atoms with Crippen molar-refractivity contribution in [3.8, 4) is 6.07 Å². The molecule has 3 heteroatoms. The molecule has 0 bridgehead atoms. The third-order valence-corrected chi connectivity index (χ3v) is 1.02. The van der Waals surface area contributed by atoms with Crippen molar-refractivity contribution in [3.63, 3.8) is 0 Å². The molecule has 1 rings (SSSR count). The maximum Gasteiger partial charge on any atom is 0.189 e. The lowest BCUT2D eigenvalue weighted by Crippen LogP contribution is -2.30. The second-order valence-electron chi connectivity index (χ2n) is 1.58. The van der Waals surface area contributed by atoms with E-state index in [1.165, 1.54) is 0 Å². The highest BCUT2D eigenvalue weighted by Gasteiger charge is 2.11. The van der Waals surface area contributed by atoms with Crippen LogP contribution in [0.25, 0.3) is 0 Å². The van der Waals surface area contributed by atoms with Crippen LogP contribution < -0.4 is 5.32 Å². The summed E-state index contributed by atoms with van der Waals surface area (Å²) in [5.74, 6) is 0. The molecule has 1 radical (unpaired) electrons. The highest BCUT2D eigenvalue weighted by atomic mass is 15.3. The van der Waals surface area contributed by atoms with E-state index in [0.29, 0.717) is 0 Å². The van der Waals surface area contributed by atoms with Crippen LogP contribution >= 0.6 is 0 Å². The number of nitrogens with zero attached hydrogens (tertiary/aromatic N) is 2. The number of nitriles is 1. The molecule has 1 heterocycles. The second-order valence-corrected chi connectivity index (χ2v) is 1.58. The van der Waals surface area contributed by atoms with Gasteiger partial charge in [0.25, 0.3) is 0 Å². The molecule has 0 saturated carbocycles. The molecule has 3 nitrogen and oxygen atoms in total. The number of hydrogen-bond donors (Lipinski definition) is 1. The van der Waals surface area contributed by atoms with E-state index >= 15 is 0 Å². The molecule has 1 aliphatic rings. The monoisotopic (exact) mass is 108 g/mol. The van der Waals surface area contributed by atoms with Crippen LogP contribution in [0.1, 0.15) is 0 Å². The Morgan fingerprint density at radius 2 is 2.75 bits per heavy atom. The summed E-state index contributed by atoms with van der Waals surface area (Å²) in [6.07, 6.45) is 4.22. The molecule has 0 aromatic heterocycles. The van der Waals surface area contributed by atoms with E-state index < -0.39 is 0 Å². The number of hydrogen-bond acceptors (Lipinski definition) is 3. The van der Waals surface area contributed by atoms with Crippen molar-refractivity contribution in [2.24, 2.45) is 0 Å². The fourth-order valence-electron chi connectivity index (χ4n) is 0.528. The van der Waals surface area contributed by atoms with E-state index in [1.807, 2.05) is 6.07 Å². The summed E-state index contributed by atoms with van der Waals surface area (Å²) in [4.78, 5) is 1.68. The Morgan fingerprint density at radius 1 is 2.00 bits per heavy atom. The predicted molar refractivity (Wildman–Crippen MR) is 28.1 cm³/mol. The predicted octanol–water partition coefficient (Wildman–Crippen LogP) is -0.355. The van der Waals surface area contributed by atoms with Crippen LogP contribution in [0.4, 0.5) is 0 Å². The molecule has 1 aliphatic heterocycles. The number of nitrogens with one attached hydrogen (secondary N) is 1. The zero-order valence-electron chi connectivity index (χ0n) is 4.55. The molecular weight excluding hydrogens is 102 g/mol. The van der Waals surface area contributed by atoms with Crippen LogP contribution in [0.15, 0.2) is 6.20 Å². The quantitative estimate of drug-likeness (QED) is 0.461. The van der Waals surface area contributed by atoms with Gasteiger partial charge in [0.15, 0.2) is 6.17 Å². The first-order valence-electron chi connectivity index (χ1n) is 2.31. The number of rotatable bonds is 0. The standard InChI is InChI=1S/C5H6N3/c1-8-3-2-7-5(8)4-6/h2,5,7H,1H3. The van der Waals surface area contributed by atoms with Crippen LogP contribution in [-0.2, 0) is 0 Å². The normalized spacial score (nSPS) is 25.0. The van der Waals surface area contributed by atoms with Gasteiger partial charge in [0.2, 0.25) is 0 Å². The lowest BCUT2D eigenvalue weighted by atomic mass is 10.5. The molecule has 0 aliphatic carbocycles. The molecule has 1 N–H and O–H groups in total. The molecule has 0 aromatic rings. The Balaban J connectivity index is 2.54. The summed E-state index contributed by atoms with van der Waals surface area (Å²) >= 11 is 0. The lowest BCUT2D eigenvalue weighted by Gasteiger charge is -2.10. The van der Waals surface area contributed by atoms with Gasteiger partial charge in [0.1, 0.15) is 6.07 Å². The smallest absolute Gasteiger partial charge is 0.189 e. The summed E-state index contributed by atoms with van der Waals surface area (Å²) < 4.78 is 0. The Morgan fingerprint density at radius 3 is 3.00 bits per heavy atom. The minimum atomic E-state index is -0.213. The highest BCUT2D eigenvalue weighted by molar-refractivity contribution is 4.98. The van der Waals surface area contributed by atoms with Crippen molar-refractivity contribution in [3.05, 3.63) is 12.4 Å². The molecule has 41 valence electrons. The maximum absolute atomic E-state index is 8.32. The van der Waals surface area contributed by atoms with Gasteiger partial charge in [-0.15, -0.1) is 0 Å². The molecule has 8 heavy (non-hydrogen) atoms. The SMILES string of the molecule is CN1[C]=CNC1C#N. The van der Waals surface area contributed by atoms with Crippen LogP contribution in [0.2, 0.25) is 0 Å². The third kappa shape index (κ3) is 0.604. The minimum absolute atomic E-state index is 0.213. The largest absolute Gasteiger partial charge is 0.358 e. The van der Waals surface area contributed by atoms with E-state index in [9.17, 15) is 0 Å². The zero-order chi connectivity index (χ0) is 5.98. The van der Waals surface area contributed by atoms with Gasteiger partial charge in [-0.3, -0.25) is 0 Å². The molecule has 1 unspecified atom stereocenters. The third-order valence-electron chi connectivity index (χ3n) is 1.02. The van der Waals surface area contributed by atoms with Gasteiger partial charge in [-0.1, -0.05) is 0 Å². The summed E-state index contributed by atoms with van der Waals surface area (Å²) in [6, 6.07) is 2.03. The van der Waals surface area contributed by atoms with Crippen molar-refractivity contribution in [1.82, 2.24) is 10.2 Å². The molecule has 0 fully saturated rings. The molecule has 1 atom stereocenters. The van der Waals surface area contributed by atoms with E-state index in [2.05, 4.69) is 11.5 Å². The Hall–Kier alpha value is -1.17. The summed E-state index contributed by atoms with van der Waals surface area (Å²) in [5.41, 5.74) is 0. The van der Waals surface area contributed by atoms with Crippen molar-refractivity contribution in [2.45, 2.75) is 6.17 Å². The minimum Gasteiger partial charge on any atom is -0.358 e. The fourth-order valence-corrected chi connectivity index (χ4v) is 0.528. The molecule has 0 saturated heterocycles. The van der Waals surface area contributed by atoms with E-state index in [1.54, 1.807) is 18.1 Å². The van der Waals surface area contributed by atoms with Crippen LogP contribution in [0, 0.1) is 17.5 Å². The van der Waals surface area contributed by atoms with Gasteiger partial charge < -0.3 is 10.2 Å². The van der Waals surface area contributed by atoms with Gasteiger partial charge in [0, 0.05) is 13.2 Å². The summed E-state index contributed by atoms with van der Waals surface area (Å²) in [7, 11) is 1.80. The van der Waals surface area contributed by atoms with Crippen molar-refractivity contribution in [2.75, 3.05) is 7.05 Å². The van der Waals surface area contributed by atoms with Crippen LogP contribution in [-0.4, -0.2) is 18.1 Å². The first-order valence-corrected chi connectivity index (χ1v) is 2.31. The lowest BCUT2D eigenvalue weighted by molar-refractivity contribution is 0.385. The molecule has 0 aromatic carbocycles. The van der Waals surface area contributed by atoms with Crippen molar-refractivity contribution >= 4 is 0 Å². The maximum atomic E-state index is 8.32.